The summed E-state index contributed by atoms with van der Waals surface area (Å²) in [4.78, 5) is 8.55. The molecule has 1 aromatic carbocycles. The summed E-state index contributed by atoms with van der Waals surface area (Å²) in [5, 5.41) is 1.01. The Labute approximate surface area is 107 Å². The minimum atomic E-state index is -0.297. The van der Waals surface area contributed by atoms with E-state index in [9.17, 15) is 0 Å². The third-order valence-corrected chi connectivity index (χ3v) is 3.36. The first kappa shape index (κ1) is 12.8. The van der Waals surface area contributed by atoms with E-state index in [4.69, 9.17) is 10.5 Å². The number of aromatic nitrogens is 2. The van der Waals surface area contributed by atoms with Crippen molar-refractivity contribution in [3.8, 4) is 6.01 Å². The highest BCUT2D eigenvalue weighted by molar-refractivity contribution is 5.77. The summed E-state index contributed by atoms with van der Waals surface area (Å²) >= 11 is 0. The van der Waals surface area contributed by atoms with Gasteiger partial charge in [0.1, 0.15) is 6.61 Å². The lowest BCUT2D eigenvalue weighted by Crippen LogP contribution is -2.44. The first-order valence-electron chi connectivity index (χ1n) is 6.30. The van der Waals surface area contributed by atoms with Gasteiger partial charge in [-0.25, -0.2) is 4.98 Å². The van der Waals surface area contributed by atoms with Gasteiger partial charge >= 0.3 is 6.01 Å². The molecule has 4 nitrogen and oxygen atoms in total. The van der Waals surface area contributed by atoms with E-state index in [1.54, 1.807) is 6.20 Å². The average molecular weight is 245 g/mol. The predicted octanol–water partition coefficient (Wildman–Crippen LogP) is 2.53. The number of rotatable bonds is 5. The number of hydrogen-bond donors (Lipinski definition) is 1. The van der Waals surface area contributed by atoms with Gasteiger partial charge in [-0.15, -0.1) is 0 Å². The average Bonchev–Trinajstić information content (AvgIpc) is 2.44. The summed E-state index contributed by atoms with van der Waals surface area (Å²) in [6.45, 7) is 4.57. The molecular formula is C14H19N3O. The van der Waals surface area contributed by atoms with Crippen LogP contribution in [0.15, 0.2) is 30.5 Å². The van der Waals surface area contributed by atoms with Crippen molar-refractivity contribution in [2.75, 3.05) is 6.61 Å². The number of hydrogen-bond acceptors (Lipinski definition) is 4. The summed E-state index contributed by atoms with van der Waals surface area (Å²) < 4.78 is 5.61. The van der Waals surface area contributed by atoms with E-state index in [2.05, 4.69) is 23.8 Å². The van der Waals surface area contributed by atoms with Gasteiger partial charge in [-0.1, -0.05) is 32.0 Å². The van der Waals surface area contributed by atoms with Crippen molar-refractivity contribution in [3.63, 3.8) is 0 Å². The Morgan fingerprint density at radius 1 is 1.22 bits per heavy atom. The van der Waals surface area contributed by atoms with Gasteiger partial charge in [0, 0.05) is 17.1 Å². The maximum absolute atomic E-state index is 6.18. The van der Waals surface area contributed by atoms with E-state index in [0.717, 1.165) is 23.7 Å². The van der Waals surface area contributed by atoms with Crippen molar-refractivity contribution < 1.29 is 4.74 Å². The van der Waals surface area contributed by atoms with Gasteiger partial charge in [0.25, 0.3) is 0 Å². The normalized spacial score (nSPS) is 11.7. The fourth-order valence-electron chi connectivity index (χ4n) is 1.69. The number of nitrogens with two attached hydrogens (primary N) is 1. The summed E-state index contributed by atoms with van der Waals surface area (Å²) in [7, 11) is 0. The quantitative estimate of drug-likeness (QED) is 0.879. The number of benzene rings is 1. The van der Waals surface area contributed by atoms with Crippen LogP contribution >= 0.6 is 0 Å². The molecule has 1 heterocycles. The highest BCUT2D eigenvalue weighted by atomic mass is 16.5. The van der Waals surface area contributed by atoms with E-state index in [-0.39, 0.29) is 5.54 Å². The Balaban J connectivity index is 2.12. The highest BCUT2D eigenvalue weighted by Crippen LogP contribution is 2.16. The molecule has 0 spiro atoms. The lowest BCUT2D eigenvalue weighted by Gasteiger charge is -2.25. The fraction of sp³-hybridized carbons (Fsp3) is 0.429. The van der Waals surface area contributed by atoms with E-state index < -0.39 is 0 Å². The van der Waals surface area contributed by atoms with Crippen molar-refractivity contribution in [2.24, 2.45) is 5.73 Å². The molecule has 0 aliphatic heterocycles. The first-order chi connectivity index (χ1) is 8.67. The molecule has 0 amide bonds. The van der Waals surface area contributed by atoms with Crippen molar-refractivity contribution in [1.29, 1.82) is 0 Å². The van der Waals surface area contributed by atoms with Gasteiger partial charge in [0.15, 0.2) is 0 Å². The Bertz CT molecular complexity index is 523. The van der Waals surface area contributed by atoms with Crippen molar-refractivity contribution >= 4 is 10.9 Å². The standard InChI is InChI=1S/C14H19N3O/c1-3-14(15,4-2)10-18-13-16-9-11-7-5-6-8-12(11)17-13/h5-9H,3-4,10,15H2,1-2H3. The topological polar surface area (TPSA) is 61.0 Å². The van der Waals surface area contributed by atoms with Crippen LogP contribution in [0.3, 0.4) is 0 Å². The molecule has 0 aliphatic carbocycles. The molecule has 0 radical (unpaired) electrons. The molecule has 0 saturated carbocycles. The number of fused-ring (bicyclic) bond motifs is 1. The molecule has 0 saturated heterocycles. The molecule has 0 unspecified atom stereocenters. The maximum atomic E-state index is 6.18. The van der Waals surface area contributed by atoms with E-state index in [0.29, 0.717) is 12.6 Å². The summed E-state index contributed by atoms with van der Waals surface area (Å²) in [5.74, 6) is 0. The second-order valence-electron chi connectivity index (χ2n) is 4.57. The molecule has 2 N–H and O–H groups in total. The third kappa shape index (κ3) is 2.76. The third-order valence-electron chi connectivity index (χ3n) is 3.36. The van der Waals surface area contributed by atoms with Crippen molar-refractivity contribution in [3.05, 3.63) is 30.5 Å². The van der Waals surface area contributed by atoms with E-state index in [1.807, 2.05) is 24.3 Å². The van der Waals surface area contributed by atoms with Gasteiger partial charge < -0.3 is 10.5 Å². The van der Waals surface area contributed by atoms with Gasteiger partial charge in [-0.3, -0.25) is 0 Å². The molecule has 2 aromatic rings. The van der Waals surface area contributed by atoms with Gasteiger partial charge in [0.05, 0.1) is 5.52 Å². The molecular weight excluding hydrogens is 226 g/mol. The smallest absolute Gasteiger partial charge is 0.316 e. The monoisotopic (exact) mass is 245 g/mol. The minimum absolute atomic E-state index is 0.297. The van der Waals surface area contributed by atoms with Crippen molar-refractivity contribution in [2.45, 2.75) is 32.2 Å². The van der Waals surface area contributed by atoms with Crippen LogP contribution in [0.2, 0.25) is 0 Å². The largest absolute Gasteiger partial charge is 0.461 e. The summed E-state index contributed by atoms with van der Waals surface area (Å²) in [5.41, 5.74) is 6.77. The molecule has 0 fully saturated rings. The summed E-state index contributed by atoms with van der Waals surface area (Å²) in [6, 6.07) is 8.23. The Kier molecular flexibility index (Phi) is 3.77. The van der Waals surface area contributed by atoms with Gasteiger partial charge in [0.2, 0.25) is 0 Å². The van der Waals surface area contributed by atoms with E-state index >= 15 is 0 Å². The number of nitrogens with zero attached hydrogens (tertiary/aromatic N) is 2. The first-order valence-corrected chi connectivity index (χ1v) is 6.30. The maximum Gasteiger partial charge on any atom is 0.316 e. The zero-order chi connectivity index (χ0) is 13.0. The molecule has 0 aliphatic rings. The predicted molar refractivity (Wildman–Crippen MR) is 72.5 cm³/mol. The van der Waals surface area contributed by atoms with Crippen LogP contribution in [0.4, 0.5) is 0 Å². The molecule has 0 atom stereocenters. The van der Waals surface area contributed by atoms with Crippen LogP contribution in [0, 0.1) is 0 Å². The van der Waals surface area contributed by atoms with Crippen molar-refractivity contribution in [1.82, 2.24) is 9.97 Å². The molecule has 96 valence electrons. The van der Waals surface area contributed by atoms with Crippen LogP contribution in [0.1, 0.15) is 26.7 Å². The zero-order valence-corrected chi connectivity index (χ0v) is 10.9. The van der Waals surface area contributed by atoms with Gasteiger partial charge in [-0.05, 0) is 18.9 Å². The van der Waals surface area contributed by atoms with Crippen LogP contribution in [-0.4, -0.2) is 22.1 Å². The number of ether oxygens (including phenoxy) is 1. The minimum Gasteiger partial charge on any atom is -0.461 e. The number of para-hydroxylation sites is 1. The molecule has 1 aromatic heterocycles. The van der Waals surface area contributed by atoms with Crippen LogP contribution in [0.5, 0.6) is 6.01 Å². The molecule has 18 heavy (non-hydrogen) atoms. The van der Waals surface area contributed by atoms with Gasteiger partial charge in [-0.2, -0.15) is 4.98 Å². The second-order valence-corrected chi connectivity index (χ2v) is 4.57. The Morgan fingerprint density at radius 2 is 1.94 bits per heavy atom. The second kappa shape index (κ2) is 5.31. The fourth-order valence-corrected chi connectivity index (χ4v) is 1.69. The van der Waals surface area contributed by atoms with E-state index in [1.165, 1.54) is 0 Å². The van der Waals surface area contributed by atoms with Crippen LogP contribution in [-0.2, 0) is 0 Å². The lowest BCUT2D eigenvalue weighted by molar-refractivity contribution is 0.194. The molecule has 4 heteroatoms. The highest BCUT2D eigenvalue weighted by Gasteiger charge is 2.21. The Hall–Kier alpha value is -1.68. The zero-order valence-electron chi connectivity index (χ0n) is 10.9. The molecule has 0 bridgehead atoms. The molecule has 2 rings (SSSR count). The Morgan fingerprint density at radius 3 is 2.67 bits per heavy atom. The summed E-state index contributed by atoms with van der Waals surface area (Å²) in [6.07, 6.45) is 3.52. The lowest BCUT2D eigenvalue weighted by atomic mass is 9.96. The van der Waals surface area contributed by atoms with Crippen LogP contribution in [0.25, 0.3) is 10.9 Å². The van der Waals surface area contributed by atoms with Crippen LogP contribution < -0.4 is 10.5 Å². The SMILES string of the molecule is CCC(N)(CC)COc1ncc2ccccc2n1.